The molecule has 0 spiro atoms. The molecule has 0 aliphatic rings. The molecule has 0 radical (unpaired) electrons. The number of amides is 2. The number of furan rings is 1. The fraction of sp³-hybridized carbons (Fsp3) is 0.455. The molecule has 1 heterocycles. The van der Waals surface area contributed by atoms with Crippen LogP contribution in [0.25, 0.3) is 0 Å². The summed E-state index contributed by atoms with van der Waals surface area (Å²) in [5.41, 5.74) is 0. The number of carbonyl (C=O) groups excluding carboxylic acids is 2. The molecule has 0 aliphatic heterocycles. The van der Waals surface area contributed by atoms with Gasteiger partial charge in [0.05, 0.1) is 6.26 Å². The second-order valence-electron chi connectivity index (χ2n) is 3.56. The van der Waals surface area contributed by atoms with Gasteiger partial charge in [0.15, 0.2) is 0 Å². The van der Waals surface area contributed by atoms with Gasteiger partial charge in [0, 0.05) is 25.6 Å². The number of carbonyl (C=O) groups is 2. The second-order valence-corrected chi connectivity index (χ2v) is 3.92. The molecule has 0 aromatic carbocycles. The van der Waals surface area contributed by atoms with E-state index in [9.17, 15) is 9.59 Å². The molecule has 0 saturated heterocycles. The van der Waals surface area contributed by atoms with Crippen molar-refractivity contribution in [2.45, 2.75) is 19.4 Å². The van der Waals surface area contributed by atoms with E-state index in [0.29, 0.717) is 13.0 Å². The van der Waals surface area contributed by atoms with Crippen molar-refractivity contribution in [3.05, 3.63) is 24.2 Å². The molecule has 2 N–H and O–H groups in total. The summed E-state index contributed by atoms with van der Waals surface area (Å²) >= 11 is 4.02. The lowest BCUT2D eigenvalue weighted by Gasteiger charge is -2.14. The van der Waals surface area contributed by atoms with Crippen LogP contribution in [0, 0.1) is 0 Å². The molecule has 0 fully saturated rings. The third kappa shape index (κ3) is 4.95. The molecule has 0 saturated carbocycles. The first-order valence-electron chi connectivity index (χ1n) is 5.31. The fourth-order valence-corrected chi connectivity index (χ4v) is 1.58. The Morgan fingerprint density at radius 1 is 1.53 bits per heavy atom. The van der Waals surface area contributed by atoms with E-state index in [1.807, 2.05) is 6.07 Å². The van der Waals surface area contributed by atoms with E-state index in [-0.39, 0.29) is 17.6 Å². The van der Waals surface area contributed by atoms with Crippen molar-refractivity contribution in [2.75, 3.05) is 12.3 Å². The van der Waals surface area contributed by atoms with Crippen molar-refractivity contribution in [2.24, 2.45) is 0 Å². The van der Waals surface area contributed by atoms with Gasteiger partial charge in [-0.15, -0.1) is 0 Å². The highest BCUT2D eigenvalue weighted by Crippen LogP contribution is 1.99. The van der Waals surface area contributed by atoms with Crippen LogP contribution in [0.1, 0.15) is 12.7 Å². The van der Waals surface area contributed by atoms with Crippen molar-refractivity contribution in [1.29, 1.82) is 0 Å². The highest BCUT2D eigenvalue weighted by atomic mass is 32.1. The molecule has 94 valence electrons. The first kappa shape index (κ1) is 13.6. The minimum Gasteiger partial charge on any atom is -0.469 e. The maximum Gasteiger partial charge on any atom is 0.243 e. The van der Waals surface area contributed by atoms with Crippen LogP contribution in [0.2, 0.25) is 0 Å². The molecule has 1 rings (SSSR count). The zero-order valence-corrected chi connectivity index (χ0v) is 10.5. The highest BCUT2D eigenvalue weighted by Gasteiger charge is 2.16. The van der Waals surface area contributed by atoms with Gasteiger partial charge in [0.1, 0.15) is 11.8 Å². The summed E-state index contributed by atoms with van der Waals surface area (Å²) in [7, 11) is 0. The molecule has 5 nitrogen and oxygen atoms in total. The van der Waals surface area contributed by atoms with Crippen LogP contribution in [-0.2, 0) is 16.0 Å². The van der Waals surface area contributed by atoms with Gasteiger partial charge < -0.3 is 15.1 Å². The predicted molar refractivity (Wildman–Crippen MR) is 66.9 cm³/mol. The Morgan fingerprint density at radius 3 is 2.82 bits per heavy atom. The normalized spacial score (nSPS) is 11.9. The number of rotatable bonds is 6. The maximum absolute atomic E-state index is 11.6. The van der Waals surface area contributed by atoms with E-state index in [1.165, 1.54) is 6.92 Å². The predicted octanol–water partition coefficient (Wildman–Crippen LogP) is 0.373. The van der Waals surface area contributed by atoms with Crippen molar-refractivity contribution in [1.82, 2.24) is 10.6 Å². The number of nitrogens with one attached hydrogen (secondary N) is 2. The van der Waals surface area contributed by atoms with Crippen molar-refractivity contribution >= 4 is 24.4 Å². The third-order valence-electron chi connectivity index (χ3n) is 2.13. The van der Waals surface area contributed by atoms with E-state index in [4.69, 9.17) is 4.42 Å². The molecule has 1 aromatic rings. The monoisotopic (exact) mass is 256 g/mol. The summed E-state index contributed by atoms with van der Waals surface area (Å²) in [4.78, 5) is 22.5. The van der Waals surface area contributed by atoms with Crippen LogP contribution < -0.4 is 10.6 Å². The Kier molecular flexibility index (Phi) is 5.62. The van der Waals surface area contributed by atoms with E-state index >= 15 is 0 Å². The summed E-state index contributed by atoms with van der Waals surface area (Å²) in [6.45, 7) is 1.84. The lowest BCUT2D eigenvalue weighted by molar-refractivity contribution is -0.127. The minimum absolute atomic E-state index is 0.234. The first-order chi connectivity index (χ1) is 8.13. The fourth-order valence-electron chi connectivity index (χ4n) is 1.33. The van der Waals surface area contributed by atoms with E-state index in [0.717, 1.165) is 5.76 Å². The molecule has 2 amide bonds. The Hall–Kier alpha value is -1.43. The Morgan fingerprint density at radius 2 is 2.29 bits per heavy atom. The number of hydrogen-bond donors (Lipinski definition) is 3. The van der Waals surface area contributed by atoms with Crippen LogP contribution in [0.5, 0.6) is 0 Å². The summed E-state index contributed by atoms with van der Waals surface area (Å²) in [6, 6.07) is 3.05. The second kappa shape index (κ2) is 7.01. The largest absolute Gasteiger partial charge is 0.469 e. The van der Waals surface area contributed by atoms with Crippen LogP contribution in [0.3, 0.4) is 0 Å². The molecule has 6 heteroatoms. The van der Waals surface area contributed by atoms with Gasteiger partial charge >= 0.3 is 0 Å². The summed E-state index contributed by atoms with van der Waals surface area (Å²) in [6.07, 6.45) is 2.21. The summed E-state index contributed by atoms with van der Waals surface area (Å²) in [5.74, 6) is 0.603. The van der Waals surface area contributed by atoms with Gasteiger partial charge in [-0.25, -0.2) is 0 Å². The average Bonchev–Trinajstić information content (AvgIpc) is 2.78. The molecule has 1 atom stereocenters. The zero-order chi connectivity index (χ0) is 12.7. The lowest BCUT2D eigenvalue weighted by Crippen LogP contribution is -2.47. The summed E-state index contributed by atoms with van der Waals surface area (Å²) < 4.78 is 5.13. The quantitative estimate of drug-likeness (QED) is 0.644. The van der Waals surface area contributed by atoms with Crippen molar-refractivity contribution in [3.8, 4) is 0 Å². The van der Waals surface area contributed by atoms with Crippen molar-refractivity contribution in [3.63, 3.8) is 0 Å². The molecule has 0 bridgehead atoms. The summed E-state index contributed by atoms with van der Waals surface area (Å²) in [5, 5.41) is 5.24. The Labute approximate surface area is 105 Å². The van der Waals surface area contributed by atoms with Crippen LogP contribution in [-0.4, -0.2) is 30.2 Å². The topological polar surface area (TPSA) is 71.3 Å². The smallest absolute Gasteiger partial charge is 0.243 e. The lowest BCUT2D eigenvalue weighted by atomic mass is 10.3. The van der Waals surface area contributed by atoms with Crippen LogP contribution in [0.4, 0.5) is 0 Å². The van der Waals surface area contributed by atoms with Gasteiger partial charge in [-0.1, -0.05) is 0 Å². The van der Waals surface area contributed by atoms with E-state index in [1.54, 1.807) is 12.3 Å². The SMILES string of the molecule is CC(=O)NC(CS)C(=O)NCCc1ccco1. The molecule has 1 aromatic heterocycles. The minimum atomic E-state index is -0.590. The third-order valence-corrected chi connectivity index (χ3v) is 2.49. The number of thiol groups is 1. The zero-order valence-electron chi connectivity index (χ0n) is 9.60. The van der Waals surface area contributed by atoms with Gasteiger partial charge in [-0.05, 0) is 12.1 Å². The maximum atomic E-state index is 11.6. The van der Waals surface area contributed by atoms with Gasteiger partial charge in [-0.3, -0.25) is 9.59 Å². The molecule has 17 heavy (non-hydrogen) atoms. The Balaban J connectivity index is 2.29. The van der Waals surface area contributed by atoms with Gasteiger partial charge in [0.2, 0.25) is 11.8 Å². The molecule has 1 unspecified atom stereocenters. The standard InChI is InChI=1S/C11H16N2O3S/c1-8(14)13-10(7-17)11(15)12-5-4-9-3-2-6-16-9/h2-3,6,10,17H,4-5,7H2,1H3,(H,12,15)(H,13,14). The Bertz CT molecular complexity index is 365. The van der Waals surface area contributed by atoms with Crippen LogP contribution in [0.15, 0.2) is 22.8 Å². The van der Waals surface area contributed by atoms with Crippen molar-refractivity contribution < 1.29 is 14.0 Å². The highest BCUT2D eigenvalue weighted by molar-refractivity contribution is 7.80. The number of hydrogen-bond acceptors (Lipinski definition) is 4. The first-order valence-corrected chi connectivity index (χ1v) is 5.94. The van der Waals surface area contributed by atoms with E-state index < -0.39 is 6.04 Å². The van der Waals surface area contributed by atoms with Crippen LogP contribution >= 0.6 is 12.6 Å². The van der Waals surface area contributed by atoms with Gasteiger partial charge in [0.25, 0.3) is 0 Å². The molecule has 0 aliphatic carbocycles. The van der Waals surface area contributed by atoms with E-state index in [2.05, 4.69) is 23.3 Å². The van der Waals surface area contributed by atoms with Gasteiger partial charge in [-0.2, -0.15) is 12.6 Å². The molecular weight excluding hydrogens is 240 g/mol. The molecular formula is C11H16N2O3S. The average molecular weight is 256 g/mol.